The van der Waals surface area contributed by atoms with Crippen molar-refractivity contribution in [2.75, 3.05) is 33.2 Å². The molecule has 1 aromatic carbocycles. The summed E-state index contributed by atoms with van der Waals surface area (Å²) in [6, 6.07) is 6.78. The van der Waals surface area contributed by atoms with Gasteiger partial charge < -0.3 is 10.6 Å². The van der Waals surface area contributed by atoms with Crippen LogP contribution in [0.25, 0.3) is 0 Å². The van der Waals surface area contributed by atoms with Crippen molar-refractivity contribution in [1.29, 1.82) is 0 Å². The molecule has 2 rings (SSSR count). The fraction of sp³-hybridized carbons (Fsp3) is 0.538. The minimum atomic E-state index is -3.36. The summed E-state index contributed by atoms with van der Waals surface area (Å²) >= 11 is 0. The van der Waals surface area contributed by atoms with Gasteiger partial charge in [0.05, 0.1) is 4.90 Å². The number of benzene rings is 1. The van der Waals surface area contributed by atoms with E-state index in [1.54, 1.807) is 28.6 Å². The summed E-state index contributed by atoms with van der Waals surface area (Å²) in [7, 11) is -1.36. The van der Waals surface area contributed by atoms with E-state index in [0.29, 0.717) is 18.0 Å². The zero-order valence-electron chi connectivity index (χ0n) is 11.4. The van der Waals surface area contributed by atoms with E-state index >= 15 is 0 Å². The molecular formula is C13H21N3O2S. The van der Waals surface area contributed by atoms with Crippen molar-refractivity contribution >= 4 is 10.0 Å². The molecule has 2 N–H and O–H groups in total. The van der Waals surface area contributed by atoms with Crippen LogP contribution in [0.1, 0.15) is 18.5 Å². The molecular weight excluding hydrogens is 262 g/mol. The van der Waals surface area contributed by atoms with Crippen molar-refractivity contribution < 1.29 is 8.42 Å². The largest absolute Gasteiger partial charge is 0.324 e. The minimum Gasteiger partial charge on any atom is -0.324 e. The quantitative estimate of drug-likeness (QED) is 0.884. The zero-order chi connectivity index (χ0) is 14.0. The van der Waals surface area contributed by atoms with Gasteiger partial charge in [-0.25, -0.2) is 8.42 Å². The molecule has 0 amide bonds. The second-order valence-corrected chi connectivity index (χ2v) is 7.00. The molecule has 0 saturated carbocycles. The number of piperazine rings is 1. The molecule has 106 valence electrons. The van der Waals surface area contributed by atoms with Gasteiger partial charge in [0.1, 0.15) is 0 Å². The molecule has 0 spiro atoms. The Morgan fingerprint density at radius 2 is 1.63 bits per heavy atom. The fourth-order valence-electron chi connectivity index (χ4n) is 2.12. The lowest BCUT2D eigenvalue weighted by Crippen LogP contribution is -2.47. The Morgan fingerprint density at radius 1 is 1.11 bits per heavy atom. The average Bonchev–Trinajstić information content (AvgIpc) is 2.39. The standard InChI is InChI=1S/C13H21N3O2S/c1-11(14)12-3-5-13(6-4-12)19(17,18)16-9-7-15(2)8-10-16/h3-6,11H,7-10,14H2,1-2H3. The fourth-order valence-corrected chi connectivity index (χ4v) is 3.54. The number of sulfonamides is 1. The van der Waals surface area contributed by atoms with Crippen molar-refractivity contribution in [2.24, 2.45) is 5.73 Å². The van der Waals surface area contributed by atoms with Crippen molar-refractivity contribution in [2.45, 2.75) is 17.9 Å². The Balaban J connectivity index is 2.19. The summed E-state index contributed by atoms with van der Waals surface area (Å²) in [4.78, 5) is 2.48. The Bertz CT molecular complexity index is 517. The third-order valence-corrected chi connectivity index (χ3v) is 5.42. The first-order chi connectivity index (χ1) is 8.91. The van der Waals surface area contributed by atoms with Crippen molar-refractivity contribution in [1.82, 2.24) is 9.21 Å². The van der Waals surface area contributed by atoms with Gasteiger partial charge in [0.2, 0.25) is 10.0 Å². The molecule has 0 radical (unpaired) electrons. The Labute approximate surface area is 115 Å². The molecule has 1 atom stereocenters. The lowest BCUT2D eigenvalue weighted by molar-refractivity contribution is 0.222. The number of nitrogens with zero attached hydrogens (tertiary/aromatic N) is 2. The van der Waals surface area contributed by atoms with Gasteiger partial charge in [-0.15, -0.1) is 0 Å². The Hall–Kier alpha value is -0.950. The van der Waals surface area contributed by atoms with Crippen LogP contribution in [0.2, 0.25) is 0 Å². The van der Waals surface area contributed by atoms with E-state index < -0.39 is 10.0 Å². The van der Waals surface area contributed by atoms with Crippen LogP contribution < -0.4 is 5.73 Å². The summed E-state index contributed by atoms with van der Waals surface area (Å²) < 4.78 is 26.5. The highest BCUT2D eigenvalue weighted by Gasteiger charge is 2.27. The van der Waals surface area contributed by atoms with E-state index in [4.69, 9.17) is 5.73 Å². The smallest absolute Gasteiger partial charge is 0.243 e. The van der Waals surface area contributed by atoms with Crippen molar-refractivity contribution in [3.63, 3.8) is 0 Å². The van der Waals surface area contributed by atoms with E-state index in [1.807, 2.05) is 14.0 Å². The first kappa shape index (κ1) is 14.5. The van der Waals surface area contributed by atoms with Crippen molar-refractivity contribution in [3.05, 3.63) is 29.8 Å². The molecule has 1 aliphatic rings. The summed E-state index contributed by atoms with van der Waals surface area (Å²) in [6.07, 6.45) is 0. The van der Waals surface area contributed by atoms with E-state index in [0.717, 1.165) is 18.7 Å². The molecule has 1 unspecified atom stereocenters. The van der Waals surface area contributed by atoms with Crippen LogP contribution in [0.4, 0.5) is 0 Å². The van der Waals surface area contributed by atoms with Crippen LogP contribution in [0, 0.1) is 0 Å². The van der Waals surface area contributed by atoms with Crippen LogP contribution in [-0.2, 0) is 10.0 Å². The van der Waals surface area contributed by atoms with Gasteiger partial charge in [-0.1, -0.05) is 12.1 Å². The summed E-state index contributed by atoms with van der Waals surface area (Å²) in [5.74, 6) is 0. The highest BCUT2D eigenvalue weighted by molar-refractivity contribution is 7.89. The molecule has 19 heavy (non-hydrogen) atoms. The second kappa shape index (κ2) is 5.58. The normalized spacial score (nSPS) is 20.4. The van der Waals surface area contributed by atoms with E-state index in [-0.39, 0.29) is 6.04 Å². The highest BCUT2D eigenvalue weighted by atomic mass is 32.2. The molecule has 1 aromatic rings. The topological polar surface area (TPSA) is 66.6 Å². The average molecular weight is 283 g/mol. The van der Waals surface area contributed by atoms with Crippen molar-refractivity contribution in [3.8, 4) is 0 Å². The van der Waals surface area contributed by atoms with E-state index in [9.17, 15) is 8.42 Å². The van der Waals surface area contributed by atoms with Gasteiger partial charge in [-0.05, 0) is 31.7 Å². The van der Waals surface area contributed by atoms with Gasteiger partial charge in [0.25, 0.3) is 0 Å². The zero-order valence-corrected chi connectivity index (χ0v) is 12.2. The summed E-state index contributed by atoms with van der Waals surface area (Å²) in [5, 5.41) is 0. The maximum atomic E-state index is 12.5. The monoisotopic (exact) mass is 283 g/mol. The SMILES string of the molecule is CC(N)c1ccc(S(=O)(=O)N2CCN(C)CC2)cc1. The molecule has 1 heterocycles. The summed E-state index contributed by atoms with van der Waals surface area (Å²) in [5.41, 5.74) is 6.71. The molecule has 6 heteroatoms. The van der Waals surface area contributed by atoms with Crippen LogP contribution in [0.3, 0.4) is 0 Å². The third-order valence-electron chi connectivity index (χ3n) is 3.51. The summed E-state index contributed by atoms with van der Waals surface area (Å²) in [6.45, 7) is 4.53. The molecule has 0 aliphatic carbocycles. The van der Waals surface area contributed by atoms with Gasteiger partial charge in [-0.2, -0.15) is 4.31 Å². The molecule has 5 nitrogen and oxygen atoms in total. The number of hydrogen-bond acceptors (Lipinski definition) is 4. The Kier molecular flexibility index (Phi) is 4.25. The first-order valence-corrected chi connectivity index (χ1v) is 7.89. The number of nitrogens with two attached hydrogens (primary N) is 1. The predicted molar refractivity (Wildman–Crippen MR) is 75.3 cm³/mol. The van der Waals surface area contributed by atoms with Crippen LogP contribution in [-0.4, -0.2) is 50.8 Å². The van der Waals surface area contributed by atoms with Crippen LogP contribution >= 0.6 is 0 Å². The van der Waals surface area contributed by atoms with E-state index in [2.05, 4.69) is 4.90 Å². The van der Waals surface area contributed by atoms with Gasteiger partial charge in [0, 0.05) is 32.2 Å². The lowest BCUT2D eigenvalue weighted by Gasteiger charge is -2.31. The van der Waals surface area contributed by atoms with Crippen LogP contribution in [0.15, 0.2) is 29.2 Å². The number of likely N-dealkylation sites (N-methyl/N-ethyl adjacent to an activating group) is 1. The maximum absolute atomic E-state index is 12.5. The number of rotatable bonds is 3. The van der Waals surface area contributed by atoms with Gasteiger partial charge in [0.15, 0.2) is 0 Å². The molecule has 0 aromatic heterocycles. The molecule has 1 aliphatic heterocycles. The van der Waals surface area contributed by atoms with Crippen LogP contribution in [0.5, 0.6) is 0 Å². The predicted octanol–water partition coefficient (Wildman–Crippen LogP) is 0.642. The first-order valence-electron chi connectivity index (χ1n) is 6.45. The number of hydrogen-bond donors (Lipinski definition) is 1. The third kappa shape index (κ3) is 3.14. The molecule has 0 bridgehead atoms. The lowest BCUT2D eigenvalue weighted by atomic mass is 10.1. The Morgan fingerprint density at radius 3 is 2.11 bits per heavy atom. The van der Waals surface area contributed by atoms with Gasteiger partial charge in [-0.3, -0.25) is 0 Å². The maximum Gasteiger partial charge on any atom is 0.243 e. The highest BCUT2D eigenvalue weighted by Crippen LogP contribution is 2.19. The van der Waals surface area contributed by atoms with E-state index in [1.165, 1.54) is 0 Å². The molecule has 1 saturated heterocycles. The second-order valence-electron chi connectivity index (χ2n) is 5.07. The van der Waals surface area contributed by atoms with Gasteiger partial charge >= 0.3 is 0 Å². The molecule has 1 fully saturated rings. The minimum absolute atomic E-state index is 0.0830.